The normalized spacial score (nSPS) is 10.1. The summed E-state index contributed by atoms with van der Waals surface area (Å²) < 4.78 is 4.60. The van der Waals surface area contributed by atoms with E-state index in [1.807, 2.05) is 0 Å². The molecule has 0 saturated carbocycles. The number of hydrogen-bond acceptors (Lipinski definition) is 4. The Morgan fingerprint density at radius 2 is 2.00 bits per heavy atom. The van der Waals surface area contributed by atoms with Gasteiger partial charge in [-0.25, -0.2) is 4.79 Å². The van der Waals surface area contributed by atoms with Gasteiger partial charge in [-0.3, -0.25) is 4.79 Å². The molecule has 1 N–H and O–H groups in total. The first-order chi connectivity index (χ1) is 7.90. The van der Waals surface area contributed by atoms with Gasteiger partial charge >= 0.3 is 5.97 Å². The minimum atomic E-state index is -0.995. The second kappa shape index (κ2) is 5.19. The van der Waals surface area contributed by atoms with Crippen molar-refractivity contribution < 1.29 is 19.4 Å². The number of Topliss-reactive ketones (excluding diaryl/α,β-unsaturated/α-hetero) is 1. The monoisotopic (exact) mass is 256 g/mol. The second-order valence-corrected chi connectivity index (χ2v) is 3.95. The van der Waals surface area contributed by atoms with E-state index >= 15 is 0 Å². The lowest BCUT2D eigenvalue weighted by molar-refractivity contribution is -0.137. The van der Waals surface area contributed by atoms with Gasteiger partial charge in [0.25, 0.3) is 5.78 Å². The number of ether oxygens (including phenoxy) is 1. The van der Waals surface area contributed by atoms with Gasteiger partial charge < -0.3 is 9.84 Å². The van der Waals surface area contributed by atoms with E-state index < -0.39 is 11.8 Å². The predicted molar refractivity (Wildman–Crippen MR) is 63.6 cm³/mol. The van der Waals surface area contributed by atoms with Gasteiger partial charge in [0, 0.05) is 5.02 Å². The smallest absolute Gasteiger partial charge is 0.379 e. The van der Waals surface area contributed by atoms with Gasteiger partial charge in [-0.1, -0.05) is 11.6 Å². The van der Waals surface area contributed by atoms with E-state index in [2.05, 4.69) is 4.74 Å². The van der Waals surface area contributed by atoms with E-state index in [0.29, 0.717) is 16.1 Å². The highest BCUT2D eigenvalue weighted by molar-refractivity contribution is 6.42. The number of rotatable bonds is 3. The number of aryl methyl sites for hydroxylation is 1. The molecule has 0 aliphatic heterocycles. The third-order valence-electron chi connectivity index (χ3n) is 2.35. The third kappa shape index (κ3) is 2.58. The van der Waals surface area contributed by atoms with Crippen LogP contribution in [0.2, 0.25) is 5.02 Å². The van der Waals surface area contributed by atoms with Crippen LogP contribution in [0.25, 0.3) is 0 Å². The number of esters is 1. The van der Waals surface area contributed by atoms with Crippen molar-refractivity contribution in [3.05, 3.63) is 27.8 Å². The molecule has 0 unspecified atom stereocenters. The Hall–Kier alpha value is -1.55. The molecule has 0 heterocycles. The molecule has 0 aliphatic rings. The molecule has 17 heavy (non-hydrogen) atoms. The van der Waals surface area contributed by atoms with Crippen LogP contribution in [-0.2, 0) is 9.53 Å². The number of aromatic hydroxyl groups is 1. The second-order valence-electron chi connectivity index (χ2n) is 3.58. The number of halogens is 1. The summed E-state index contributed by atoms with van der Waals surface area (Å²) in [6.07, 6.45) is 0. The molecule has 0 atom stereocenters. The lowest BCUT2D eigenvalue weighted by atomic mass is 10.0. The van der Waals surface area contributed by atoms with Crippen LogP contribution in [-0.4, -0.2) is 23.5 Å². The van der Waals surface area contributed by atoms with Crippen LogP contribution >= 0.6 is 11.6 Å². The standard InChI is InChI=1S/C12H13ClO4/c1-4-17-12(16)11(15)9-7(3)10(13)6(2)5-8(9)14/h5,14H,4H2,1-3H3. The zero-order valence-corrected chi connectivity index (χ0v) is 10.6. The molecule has 0 aliphatic carbocycles. The fourth-order valence-electron chi connectivity index (χ4n) is 1.52. The van der Waals surface area contributed by atoms with Gasteiger partial charge in [-0.05, 0) is 38.0 Å². The lowest BCUT2D eigenvalue weighted by Crippen LogP contribution is -2.19. The molecule has 0 bridgehead atoms. The van der Waals surface area contributed by atoms with Crippen LogP contribution in [0.1, 0.15) is 28.4 Å². The number of carbonyl (C=O) groups is 2. The number of phenolic OH excluding ortho intramolecular Hbond substituents is 1. The molecule has 0 radical (unpaired) electrons. The molecular formula is C12H13ClO4. The fourth-order valence-corrected chi connectivity index (χ4v) is 1.67. The highest BCUT2D eigenvalue weighted by atomic mass is 35.5. The molecule has 0 aromatic heterocycles. The van der Waals surface area contributed by atoms with E-state index in [1.54, 1.807) is 20.8 Å². The quantitative estimate of drug-likeness (QED) is 0.512. The highest BCUT2D eigenvalue weighted by Crippen LogP contribution is 2.31. The number of benzene rings is 1. The Morgan fingerprint density at radius 1 is 1.41 bits per heavy atom. The maximum Gasteiger partial charge on any atom is 0.379 e. The van der Waals surface area contributed by atoms with E-state index in [-0.39, 0.29) is 17.9 Å². The molecule has 0 amide bonds. The fraction of sp³-hybridized carbons (Fsp3) is 0.333. The van der Waals surface area contributed by atoms with Crippen LogP contribution in [0.5, 0.6) is 5.75 Å². The van der Waals surface area contributed by atoms with Gasteiger partial charge in [0.15, 0.2) is 0 Å². The Morgan fingerprint density at radius 3 is 2.53 bits per heavy atom. The topological polar surface area (TPSA) is 63.6 Å². The van der Waals surface area contributed by atoms with E-state index in [9.17, 15) is 14.7 Å². The third-order valence-corrected chi connectivity index (χ3v) is 2.93. The van der Waals surface area contributed by atoms with Crippen LogP contribution in [0.15, 0.2) is 6.07 Å². The summed E-state index contributed by atoms with van der Waals surface area (Å²) in [6.45, 7) is 4.97. The molecular weight excluding hydrogens is 244 g/mol. The molecule has 92 valence electrons. The Bertz CT molecular complexity index is 480. The average Bonchev–Trinajstić information content (AvgIpc) is 2.26. The summed E-state index contributed by atoms with van der Waals surface area (Å²) in [6, 6.07) is 1.35. The molecule has 1 rings (SSSR count). The molecule has 5 heteroatoms. The number of ketones is 1. The maximum atomic E-state index is 11.7. The number of hydrogen-bond donors (Lipinski definition) is 1. The van der Waals surface area contributed by atoms with Gasteiger partial charge in [-0.15, -0.1) is 0 Å². The molecule has 0 fully saturated rings. The van der Waals surface area contributed by atoms with Crippen LogP contribution < -0.4 is 0 Å². The zero-order chi connectivity index (χ0) is 13.2. The summed E-state index contributed by atoms with van der Waals surface area (Å²) in [5.74, 6) is -2.14. The Balaban J connectivity index is 3.28. The molecule has 1 aromatic carbocycles. The average molecular weight is 257 g/mol. The summed E-state index contributed by atoms with van der Waals surface area (Å²) >= 11 is 5.97. The molecule has 0 spiro atoms. The van der Waals surface area contributed by atoms with Gasteiger partial charge in [0.05, 0.1) is 12.2 Å². The van der Waals surface area contributed by atoms with Crippen molar-refractivity contribution in [3.8, 4) is 5.75 Å². The predicted octanol–water partition coefficient (Wildman–Crippen LogP) is 2.41. The van der Waals surface area contributed by atoms with Crippen molar-refractivity contribution in [2.75, 3.05) is 6.61 Å². The van der Waals surface area contributed by atoms with E-state index in [0.717, 1.165) is 0 Å². The number of phenols is 1. The maximum absolute atomic E-state index is 11.7. The summed E-state index contributed by atoms with van der Waals surface area (Å²) in [5, 5.41) is 10.1. The first-order valence-corrected chi connectivity index (χ1v) is 5.48. The van der Waals surface area contributed by atoms with E-state index in [1.165, 1.54) is 6.07 Å². The van der Waals surface area contributed by atoms with Crippen molar-refractivity contribution in [2.24, 2.45) is 0 Å². The Kier molecular flexibility index (Phi) is 4.12. The largest absolute Gasteiger partial charge is 0.507 e. The number of carbonyl (C=O) groups excluding carboxylic acids is 2. The SMILES string of the molecule is CCOC(=O)C(=O)c1c(O)cc(C)c(Cl)c1C. The van der Waals surface area contributed by atoms with Crippen LogP contribution in [0, 0.1) is 13.8 Å². The lowest BCUT2D eigenvalue weighted by Gasteiger charge is -2.10. The minimum absolute atomic E-state index is 0.0981. The molecule has 1 aromatic rings. The van der Waals surface area contributed by atoms with Gasteiger partial charge in [-0.2, -0.15) is 0 Å². The van der Waals surface area contributed by atoms with Gasteiger partial charge in [0.1, 0.15) is 5.75 Å². The van der Waals surface area contributed by atoms with Crippen molar-refractivity contribution in [1.82, 2.24) is 0 Å². The zero-order valence-electron chi connectivity index (χ0n) is 9.83. The van der Waals surface area contributed by atoms with Crippen molar-refractivity contribution in [2.45, 2.75) is 20.8 Å². The first kappa shape index (κ1) is 13.5. The van der Waals surface area contributed by atoms with Crippen LogP contribution in [0.3, 0.4) is 0 Å². The van der Waals surface area contributed by atoms with Crippen LogP contribution in [0.4, 0.5) is 0 Å². The van der Waals surface area contributed by atoms with Crippen molar-refractivity contribution in [1.29, 1.82) is 0 Å². The molecule has 0 saturated heterocycles. The van der Waals surface area contributed by atoms with Gasteiger partial charge in [0.2, 0.25) is 0 Å². The van der Waals surface area contributed by atoms with Crippen molar-refractivity contribution in [3.63, 3.8) is 0 Å². The minimum Gasteiger partial charge on any atom is -0.507 e. The summed E-state index contributed by atoms with van der Waals surface area (Å²) in [5.41, 5.74) is 0.920. The summed E-state index contributed by atoms with van der Waals surface area (Å²) in [4.78, 5) is 23.1. The first-order valence-electron chi connectivity index (χ1n) is 5.10. The Labute approximate surface area is 104 Å². The van der Waals surface area contributed by atoms with E-state index in [4.69, 9.17) is 11.6 Å². The van der Waals surface area contributed by atoms with Crippen molar-refractivity contribution >= 4 is 23.4 Å². The molecule has 4 nitrogen and oxygen atoms in total. The summed E-state index contributed by atoms with van der Waals surface area (Å²) in [7, 11) is 0. The highest BCUT2D eigenvalue weighted by Gasteiger charge is 2.25.